The Morgan fingerprint density at radius 2 is 1.91 bits per heavy atom. The Kier molecular flexibility index (Phi) is 7.72. The van der Waals surface area contributed by atoms with Crippen LogP contribution in [0.25, 0.3) is 32.9 Å². The molecule has 3 saturated heterocycles. The summed E-state index contributed by atoms with van der Waals surface area (Å²) >= 11 is 0. The number of halogens is 2. The van der Waals surface area contributed by atoms with Gasteiger partial charge in [0.05, 0.1) is 23.6 Å². The number of nitrogens with zero attached hydrogens (tertiary/aromatic N) is 5. The predicted octanol–water partition coefficient (Wildman–Crippen LogP) is 4.99. The number of hydrogen-bond acceptors (Lipinski definition) is 9. The van der Waals surface area contributed by atoms with Gasteiger partial charge in [0.1, 0.15) is 35.2 Å². The maximum Gasteiger partial charge on any atom is 0.319 e. The smallest absolute Gasteiger partial charge is 0.319 e. The maximum atomic E-state index is 16.8. The summed E-state index contributed by atoms with van der Waals surface area (Å²) in [5.41, 5.74) is 0.632. The SMILES string of the molecule is CCc1c(F)ccc2cc(O)cc(-c3ncc4c(N5CCCOC(CO)C5)nc(OCC56CCCN5CCC6)nc4c3F)c12. The first-order valence-corrected chi connectivity index (χ1v) is 15.6. The predicted molar refractivity (Wildman–Crippen MR) is 163 cm³/mol. The van der Waals surface area contributed by atoms with E-state index in [0.29, 0.717) is 66.7 Å². The number of rotatable bonds is 7. The first kappa shape index (κ1) is 29.1. The second-order valence-corrected chi connectivity index (χ2v) is 12.2. The fraction of sp³-hybridized carbons (Fsp3) is 0.485. The standard InChI is InChI=1S/C33H37F2N5O4/c1-2-23-26(34)7-6-20-14-21(42)15-24(27(20)23)29-28(35)30-25(16-36-29)31(39-10-5-13-43-22(17-39)18-41)38-32(37-30)44-19-33-8-3-11-40(33)12-4-9-33/h6-7,14-16,22,41-42H,2-5,8-13,17-19H2,1H3. The van der Waals surface area contributed by atoms with Crippen molar-refractivity contribution < 1.29 is 28.5 Å². The third-order valence-electron chi connectivity index (χ3n) is 9.54. The van der Waals surface area contributed by atoms with Gasteiger partial charge in [-0.05, 0) is 86.1 Å². The van der Waals surface area contributed by atoms with E-state index in [1.165, 1.54) is 24.4 Å². The molecule has 0 saturated carbocycles. The molecule has 5 heterocycles. The molecule has 2 N–H and O–H groups in total. The maximum absolute atomic E-state index is 16.8. The van der Waals surface area contributed by atoms with Crippen LogP contribution in [0, 0.1) is 11.6 Å². The molecule has 44 heavy (non-hydrogen) atoms. The minimum Gasteiger partial charge on any atom is -0.508 e. The zero-order valence-electron chi connectivity index (χ0n) is 24.9. The van der Waals surface area contributed by atoms with Gasteiger partial charge in [0.25, 0.3) is 0 Å². The summed E-state index contributed by atoms with van der Waals surface area (Å²) in [6.07, 6.45) is 6.50. The zero-order valence-corrected chi connectivity index (χ0v) is 24.9. The van der Waals surface area contributed by atoms with Gasteiger partial charge in [-0.15, -0.1) is 0 Å². The number of hydrogen-bond donors (Lipinski definition) is 2. The molecule has 3 aliphatic rings. The summed E-state index contributed by atoms with van der Waals surface area (Å²) in [6.45, 7) is 5.62. The molecule has 232 valence electrons. The number of ether oxygens (including phenoxy) is 2. The molecule has 3 fully saturated rings. The molecule has 2 aromatic carbocycles. The van der Waals surface area contributed by atoms with Crippen LogP contribution in [-0.2, 0) is 11.2 Å². The summed E-state index contributed by atoms with van der Waals surface area (Å²) in [5.74, 6) is -0.727. The third kappa shape index (κ3) is 5.00. The van der Waals surface area contributed by atoms with Crippen molar-refractivity contribution >= 4 is 27.5 Å². The van der Waals surface area contributed by atoms with E-state index in [0.717, 1.165) is 38.8 Å². The number of aromatic nitrogens is 3. The summed E-state index contributed by atoms with van der Waals surface area (Å²) in [7, 11) is 0. The summed E-state index contributed by atoms with van der Waals surface area (Å²) in [5, 5.41) is 21.9. The van der Waals surface area contributed by atoms with Crippen molar-refractivity contribution in [2.24, 2.45) is 0 Å². The molecule has 0 bridgehead atoms. The van der Waals surface area contributed by atoms with Gasteiger partial charge >= 0.3 is 6.01 Å². The molecule has 11 heteroatoms. The Morgan fingerprint density at radius 3 is 2.68 bits per heavy atom. The second kappa shape index (κ2) is 11.7. The number of phenols is 1. The average molecular weight is 606 g/mol. The van der Waals surface area contributed by atoms with Crippen molar-refractivity contribution in [3.05, 3.63) is 47.7 Å². The van der Waals surface area contributed by atoms with E-state index >= 15 is 4.39 Å². The highest BCUT2D eigenvalue weighted by atomic mass is 19.1. The van der Waals surface area contributed by atoms with Crippen LogP contribution < -0.4 is 9.64 Å². The van der Waals surface area contributed by atoms with Crippen molar-refractivity contribution in [1.29, 1.82) is 0 Å². The van der Waals surface area contributed by atoms with Crippen LogP contribution in [0.5, 0.6) is 11.8 Å². The molecule has 0 aliphatic carbocycles. The minimum atomic E-state index is -0.708. The van der Waals surface area contributed by atoms with Crippen molar-refractivity contribution in [3.8, 4) is 23.0 Å². The summed E-state index contributed by atoms with van der Waals surface area (Å²) in [6, 6.07) is 5.96. The van der Waals surface area contributed by atoms with E-state index in [1.807, 2.05) is 11.8 Å². The van der Waals surface area contributed by atoms with E-state index in [-0.39, 0.29) is 40.7 Å². The molecule has 4 aromatic rings. The van der Waals surface area contributed by atoms with Crippen molar-refractivity contribution in [2.45, 2.75) is 57.1 Å². The zero-order chi connectivity index (χ0) is 30.4. The molecule has 0 spiro atoms. The van der Waals surface area contributed by atoms with Crippen LogP contribution in [0.15, 0.2) is 30.5 Å². The first-order chi connectivity index (χ1) is 21.4. The van der Waals surface area contributed by atoms with Crippen LogP contribution in [-0.4, -0.2) is 87.7 Å². The Bertz CT molecular complexity index is 1710. The molecule has 1 atom stereocenters. The lowest BCUT2D eigenvalue weighted by atomic mass is 9.94. The first-order valence-electron chi connectivity index (χ1n) is 15.6. The molecule has 9 nitrogen and oxygen atoms in total. The number of benzene rings is 2. The molecule has 0 amide bonds. The second-order valence-electron chi connectivity index (χ2n) is 12.2. The van der Waals surface area contributed by atoms with Gasteiger partial charge in [0.15, 0.2) is 5.82 Å². The Labute approximate surface area is 254 Å². The molecule has 3 aliphatic heterocycles. The quantitative estimate of drug-likeness (QED) is 0.302. The van der Waals surface area contributed by atoms with Crippen LogP contribution in [0.1, 0.15) is 44.6 Å². The van der Waals surface area contributed by atoms with Crippen LogP contribution >= 0.6 is 0 Å². The van der Waals surface area contributed by atoms with Gasteiger partial charge in [0.2, 0.25) is 0 Å². The summed E-state index contributed by atoms with van der Waals surface area (Å²) < 4.78 is 43.8. The minimum absolute atomic E-state index is 0.0267. The number of aryl methyl sites for hydroxylation is 1. The fourth-order valence-corrected chi connectivity index (χ4v) is 7.41. The number of phenolic OH excluding ortho intramolecular Hbond substituents is 1. The van der Waals surface area contributed by atoms with Gasteiger partial charge in [0, 0.05) is 31.5 Å². The lowest BCUT2D eigenvalue weighted by molar-refractivity contribution is 0.0266. The topological polar surface area (TPSA) is 104 Å². The molecule has 7 rings (SSSR count). The number of aromatic hydroxyl groups is 1. The van der Waals surface area contributed by atoms with E-state index in [9.17, 15) is 14.6 Å². The van der Waals surface area contributed by atoms with E-state index in [4.69, 9.17) is 14.5 Å². The largest absolute Gasteiger partial charge is 0.508 e. The lowest BCUT2D eigenvalue weighted by Gasteiger charge is -2.31. The van der Waals surface area contributed by atoms with Crippen molar-refractivity contribution in [1.82, 2.24) is 19.9 Å². The van der Waals surface area contributed by atoms with Gasteiger partial charge in [-0.2, -0.15) is 9.97 Å². The van der Waals surface area contributed by atoms with Crippen LogP contribution in [0.3, 0.4) is 0 Å². The van der Waals surface area contributed by atoms with E-state index < -0.39 is 17.7 Å². The third-order valence-corrected chi connectivity index (χ3v) is 9.54. The molecular formula is C33H37F2N5O4. The average Bonchev–Trinajstić information content (AvgIpc) is 3.52. The normalized spacial score (nSPS) is 20.4. The number of fused-ring (bicyclic) bond motifs is 3. The van der Waals surface area contributed by atoms with Crippen LogP contribution in [0.4, 0.5) is 14.6 Å². The highest BCUT2D eigenvalue weighted by molar-refractivity contribution is 6.01. The van der Waals surface area contributed by atoms with Gasteiger partial charge in [-0.1, -0.05) is 13.0 Å². The van der Waals surface area contributed by atoms with E-state index in [1.54, 1.807) is 6.07 Å². The van der Waals surface area contributed by atoms with Crippen molar-refractivity contribution in [2.75, 3.05) is 50.9 Å². The molecule has 0 radical (unpaired) electrons. The molecule has 1 unspecified atom stereocenters. The number of pyridine rings is 1. The van der Waals surface area contributed by atoms with E-state index in [2.05, 4.69) is 14.9 Å². The summed E-state index contributed by atoms with van der Waals surface area (Å²) in [4.78, 5) is 18.4. The number of anilines is 1. The monoisotopic (exact) mass is 605 g/mol. The van der Waals surface area contributed by atoms with Gasteiger partial charge < -0.3 is 24.6 Å². The van der Waals surface area contributed by atoms with Gasteiger partial charge in [-0.25, -0.2) is 8.78 Å². The van der Waals surface area contributed by atoms with Crippen LogP contribution in [0.2, 0.25) is 0 Å². The Morgan fingerprint density at radius 1 is 1.09 bits per heavy atom. The Hall–Kier alpha value is -3.67. The number of aliphatic hydroxyl groups excluding tert-OH is 1. The Balaban J connectivity index is 1.38. The number of aliphatic hydroxyl groups is 1. The highest BCUT2D eigenvalue weighted by Gasteiger charge is 2.45. The highest BCUT2D eigenvalue weighted by Crippen LogP contribution is 2.41. The molecular weight excluding hydrogens is 568 g/mol. The van der Waals surface area contributed by atoms with Crippen molar-refractivity contribution in [3.63, 3.8) is 0 Å². The fourth-order valence-electron chi connectivity index (χ4n) is 7.41. The molecule has 2 aromatic heterocycles. The van der Waals surface area contributed by atoms with Gasteiger partial charge in [-0.3, -0.25) is 9.88 Å². The lowest BCUT2D eigenvalue weighted by Crippen LogP contribution is -2.43.